The Kier molecular flexibility index (Phi) is 49.5. The van der Waals surface area contributed by atoms with Gasteiger partial charge in [0.05, 0.1) is 18.8 Å². The van der Waals surface area contributed by atoms with E-state index in [0.717, 1.165) is 38.5 Å². The summed E-state index contributed by atoms with van der Waals surface area (Å²) in [5.74, 6) is -0.153. The van der Waals surface area contributed by atoms with E-state index in [1.54, 1.807) is 0 Å². The van der Waals surface area contributed by atoms with Crippen molar-refractivity contribution < 1.29 is 20.1 Å². The summed E-state index contributed by atoms with van der Waals surface area (Å²) < 4.78 is 0. The minimum atomic E-state index is -1.16. The molecule has 0 saturated carbocycles. The summed E-state index contributed by atoms with van der Waals surface area (Å²) in [6, 6.07) is -0.827. The van der Waals surface area contributed by atoms with Gasteiger partial charge in [-0.1, -0.05) is 250 Å². The minimum absolute atomic E-state index is 0.153. The van der Waals surface area contributed by atoms with E-state index in [4.69, 9.17) is 0 Å². The van der Waals surface area contributed by atoms with Crippen LogP contribution in [-0.4, -0.2) is 46.1 Å². The lowest BCUT2D eigenvalue weighted by Gasteiger charge is -2.26. The van der Waals surface area contributed by atoms with Gasteiger partial charge in [0.2, 0.25) is 5.91 Å². The third-order valence-electron chi connectivity index (χ3n) is 12.8. The number of carbonyl (C=O) groups is 1. The Morgan fingerprint density at radius 1 is 0.400 bits per heavy atom. The molecule has 5 nitrogen and oxygen atoms in total. The zero-order valence-corrected chi connectivity index (χ0v) is 40.6. The Morgan fingerprint density at radius 2 is 0.667 bits per heavy atom. The molecule has 0 rings (SSSR count). The van der Waals surface area contributed by atoms with E-state index < -0.39 is 18.2 Å². The average molecular weight is 846 g/mol. The quantitative estimate of drug-likeness (QED) is 0.0363. The highest BCUT2D eigenvalue weighted by atomic mass is 16.3. The number of hydrogen-bond donors (Lipinski definition) is 4. The molecule has 0 spiro atoms. The highest BCUT2D eigenvalue weighted by molar-refractivity contribution is 5.76. The number of hydrogen-bond acceptors (Lipinski definition) is 4. The summed E-state index contributed by atoms with van der Waals surface area (Å²) in [5, 5.41) is 33.7. The standard InChI is InChI=1S/C55H107NO4/c1-3-5-7-9-11-13-15-17-19-21-23-25-27-28-30-32-34-36-38-40-42-44-46-48-50-54(59)56-52(51-57)55(60)53(58)49-47-45-43-41-39-37-35-33-31-29-26-24-22-20-18-16-14-12-10-8-6-4-2/h28,30,41,43,52-53,55,57-58,60H,3-27,29,31-40,42,44-51H2,1-2H3,(H,56,59)/b30-28-,43-41+. The van der Waals surface area contributed by atoms with Crippen LogP contribution in [0.25, 0.3) is 0 Å². The lowest BCUT2D eigenvalue weighted by molar-refractivity contribution is -0.124. The number of carbonyl (C=O) groups excluding carboxylic acids is 1. The third kappa shape index (κ3) is 44.9. The Balaban J connectivity index is 3.58. The Labute approximate surface area is 375 Å². The van der Waals surface area contributed by atoms with Crippen LogP contribution in [0.3, 0.4) is 0 Å². The number of amides is 1. The fourth-order valence-corrected chi connectivity index (χ4v) is 8.57. The molecule has 0 fully saturated rings. The molecule has 0 aromatic rings. The van der Waals surface area contributed by atoms with Crippen LogP contribution >= 0.6 is 0 Å². The van der Waals surface area contributed by atoms with Crippen molar-refractivity contribution in [1.29, 1.82) is 0 Å². The smallest absolute Gasteiger partial charge is 0.220 e. The van der Waals surface area contributed by atoms with E-state index in [0.29, 0.717) is 12.8 Å². The van der Waals surface area contributed by atoms with Crippen LogP contribution in [0.15, 0.2) is 24.3 Å². The minimum Gasteiger partial charge on any atom is -0.394 e. The van der Waals surface area contributed by atoms with Crippen molar-refractivity contribution in [3.63, 3.8) is 0 Å². The third-order valence-corrected chi connectivity index (χ3v) is 12.8. The van der Waals surface area contributed by atoms with E-state index in [-0.39, 0.29) is 12.5 Å². The predicted molar refractivity (Wildman–Crippen MR) is 264 cm³/mol. The molecule has 0 radical (unpaired) electrons. The van der Waals surface area contributed by atoms with Gasteiger partial charge >= 0.3 is 0 Å². The summed E-state index contributed by atoms with van der Waals surface area (Å²) in [7, 11) is 0. The molecule has 1 amide bonds. The number of nitrogens with one attached hydrogen (secondary N) is 1. The van der Waals surface area contributed by atoms with Crippen LogP contribution in [-0.2, 0) is 4.79 Å². The highest BCUT2D eigenvalue weighted by Crippen LogP contribution is 2.17. The van der Waals surface area contributed by atoms with E-state index in [2.05, 4.69) is 43.5 Å². The highest BCUT2D eigenvalue weighted by Gasteiger charge is 2.26. The molecule has 3 unspecified atom stereocenters. The predicted octanol–water partition coefficient (Wildman–Crippen LogP) is 16.5. The topological polar surface area (TPSA) is 89.8 Å². The molecule has 4 N–H and O–H groups in total. The normalized spacial score (nSPS) is 13.5. The number of aliphatic hydroxyl groups excluding tert-OH is 3. The Hall–Kier alpha value is -1.17. The molecule has 3 atom stereocenters. The van der Waals surface area contributed by atoms with Crippen LogP contribution in [0, 0.1) is 0 Å². The SMILES string of the molecule is CCCCCCCCCCCCCC/C=C\CCCCCCCCCCC(=O)NC(CO)C(O)C(O)CCC/C=C/CCCCCCCCCCCCCCCCCCC. The first-order valence-corrected chi connectivity index (χ1v) is 27.1. The molecular formula is C55H107NO4. The van der Waals surface area contributed by atoms with Crippen molar-refractivity contribution in [2.45, 2.75) is 315 Å². The molecule has 0 aromatic carbocycles. The van der Waals surface area contributed by atoms with Crippen molar-refractivity contribution in [2.24, 2.45) is 0 Å². The van der Waals surface area contributed by atoms with Crippen molar-refractivity contribution in [3.05, 3.63) is 24.3 Å². The summed E-state index contributed by atoms with van der Waals surface area (Å²) in [6.07, 6.45) is 63.2. The molecule has 0 aliphatic carbocycles. The van der Waals surface area contributed by atoms with Crippen LogP contribution < -0.4 is 5.32 Å². The molecule has 60 heavy (non-hydrogen) atoms. The largest absolute Gasteiger partial charge is 0.394 e. The lowest BCUT2D eigenvalue weighted by atomic mass is 10.0. The maximum absolute atomic E-state index is 12.5. The second-order valence-corrected chi connectivity index (χ2v) is 18.8. The lowest BCUT2D eigenvalue weighted by Crippen LogP contribution is -2.50. The molecule has 0 aromatic heterocycles. The Bertz CT molecular complexity index is 890. The second-order valence-electron chi connectivity index (χ2n) is 18.8. The van der Waals surface area contributed by atoms with Crippen LogP contribution in [0.2, 0.25) is 0 Å². The van der Waals surface area contributed by atoms with Gasteiger partial charge in [0.25, 0.3) is 0 Å². The zero-order chi connectivity index (χ0) is 43.7. The molecule has 0 aliphatic heterocycles. The molecule has 0 aliphatic rings. The van der Waals surface area contributed by atoms with Gasteiger partial charge in [0, 0.05) is 6.42 Å². The maximum atomic E-state index is 12.5. The second kappa shape index (κ2) is 50.5. The van der Waals surface area contributed by atoms with Gasteiger partial charge in [-0.15, -0.1) is 0 Å². The molecule has 5 heteroatoms. The van der Waals surface area contributed by atoms with Gasteiger partial charge in [0.1, 0.15) is 6.10 Å². The van der Waals surface area contributed by atoms with E-state index in [9.17, 15) is 20.1 Å². The van der Waals surface area contributed by atoms with Gasteiger partial charge in [-0.3, -0.25) is 4.79 Å². The average Bonchev–Trinajstić information content (AvgIpc) is 3.25. The fraction of sp³-hybridized carbons (Fsp3) is 0.909. The van der Waals surface area contributed by atoms with Gasteiger partial charge in [-0.2, -0.15) is 0 Å². The number of aliphatic hydroxyl groups is 3. The van der Waals surface area contributed by atoms with Gasteiger partial charge in [-0.25, -0.2) is 0 Å². The first-order chi connectivity index (χ1) is 29.6. The molecule has 0 heterocycles. The van der Waals surface area contributed by atoms with Gasteiger partial charge in [-0.05, 0) is 64.2 Å². The van der Waals surface area contributed by atoms with E-state index in [1.807, 2.05) is 0 Å². The van der Waals surface area contributed by atoms with E-state index >= 15 is 0 Å². The van der Waals surface area contributed by atoms with E-state index in [1.165, 1.54) is 231 Å². The Morgan fingerprint density at radius 3 is 0.967 bits per heavy atom. The van der Waals surface area contributed by atoms with Crippen LogP contribution in [0.4, 0.5) is 0 Å². The van der Waals surface area contributed by atoms with Crippen molar-refractivity contribution in [2.75, 3.05) is 6.61 Å². The maximum Gasteiger partial charge on any atom is 0.220 e. The molecular weight excluding hydrogens is 739 g/mol. The number of rotatable bonds is 50. The summed E-state index contributed by atoms with van der Waals surface area (Å²) in [4.78, 5) is 12.5. The zero-order valence-electron chi connectivity index (χ0n) is 40.6. The summed E-state index contributed by atoms with van der Waals surface area (Å²) in [5.41, 5.74) is 0. The van der Waals surface area contributed by atoms with Crippen LogP contribution in [0.1, 0.15) is 296 Å². The first-order valence-electron chi connectivity index (χ1n) is 27.1. The number of unbranched alkanes of at least 4 members (excludes halogenated alkanes) is 38. The summed E-state index contributed by atoms with van der Waals surface area (Å²) in [6.45, 7) is 4.20. The van der Waals surface area contributed by atoms with Crippen molar-refractivity contribution in [1.82, 2.24) is 5.32 Å². The first kappa shape index (κ1) is 58.8. The fourth-order valence-electron chi connectivity index (χ4n) is 8.57. The van der Waals surface area contributed by atoms with Crippen molar-refractivity contribution in [3.8, 4) is 0 Å². The molecule has 356 valence electrons. The van der Waals surface area contributed by atoms with Crippen LogP contribution in [0.5, 0.6) is 0 Å². The molecule has 0 saturated heterocycles. The number of allylic oxidation sites excluding steroid dienone is 4. The van der Waals surface area contributed by atoms with Gasteiger partial charge < -0.3 is 20.6 Å². The van der Waals surface area contributed by atoms with Gasteiger partial charge in [0.15, 0.2) is 0 Å². The monoisotopic (exact) mass is 846 g/mol. The van der Waals surface area contributed by atoms with Crippen molar-refractivity contribution >= 4 is 5.91 Å². The summed E-state index contributed by atoms with van der Waals surface area (Å²) >= 11 is 0. The molecule has 0 bridgehead atoms.